The highest BCUT2D eigenvalue weighted by Crippen LogP contribution is 2.66. The van der Waals surface area contributed by atoms with Crippen LogP contribution in [0, 0.1) is 11.3 Å². The summed E-state index contributed by atoms with van der Waals surface area (Å²) >= 11 is 0. The third kappa shape index (κ3) is 8.07. The van der Waals surface area contributed by atoms with E-state index in [1.54, 1.807) is 0 Å². The van der Waals surface area contributed by atoms with Crippen molar-refractivity contribution in [3.8, 4) is 0 Å². The zero-order valence-corrected chi connectivity index (χ0v) is 26.0. The highest BCUT2D eigenvalue weighted by atomic mass is 31.2. The van der Waals surface area contributed by atoms with Gasteiger partial charge in [0.05, 0.1) is 33.9 Å². The number of allylic oxidation sites excluding steroid dienone is 3. The smallest absolute Gasteiger partial charge is 0.268 e. The molecule has 41 heavy (non-hydrogen) atoms. The van der Waals surface area contributed by atoms with E-state index in [0.29, 0.717) is 17.4 Å². The van der Waals surface area contributed by atoms with Gasteiger partial charge in [0.1, 0.15) is 13.2 Å². The van der Waals surface area contributed by atoms with E-state index in [4.69, 9.17) is 9.05 Å². The van der Waals surface area contributed by atoms with Crippen LogP contribution < -0.4 is 4.89 Å². The van der Waals surface area contributed by atoms with Gasteiger partial charge in [-0.05, 0) is 60.8 Å². The lowest BCUT2D eigenvalue weighted by Gasteiger charge is -2.37. The predicted molar refractivity (Wildman–Crippen MR) is 165 cm³/mol. The Morgan fingerprint density at radius 3 is 2.27 bits per heavy atom. The molecule has 1 saturated carbocycles. The Labute approximate surface area is 246 Å². The van der Waals surface area contributed by atoms with Gasteiger partial charge >= 0.3 is 0 Å². The van der Waals surface area contributed by atoms with Gasteiger partial charge in [0.2, 0.25) is 0 Å². The number of hydrogen-bond donors (Lipinski definition) is 1. The average Bonchev–Trinajstić information content (AvgIpc) is 3.44. The van der Waals surface area contributed by atoms with Crippen LogP contribution in [0.3, 0.4) is 0 Å². The van der Waals surface area contributed by atoms with Crippen molar-refractivity contribution in [1.29, 1.82) is 0 Å². The van der Waals surface area contributed by atoms with E-state index in [1.165, 1.54) is 16.7 Å². The number of fused-ring (bicyclic) bond motifs is 1. The molecular weight excluding hydrogens is 533 g/mol. The van der Waals surface area contributed by atoms with E-state index in [0.717, 1.165) is 62.5 Å². The molecule has 6 nitrogen and oxygen atoms in total. The van der Waals surface area contributed by atoms with Crippen molar-refractivity contribution in [2.45, 2.75) is 63.9 Å². The molecule has 0 heterocycles. The molecule has 2 aromatic carbocycles. The number of likely N-dealkylation sites (N-methyl/N-ethyl adjacent to an activating group) is 1. The molecule has 0 saturated heterocycles. The number of rotatable bonds is 16. The fourth-order valence-electron chi connectivity index (χ4n) is 6.72. The van der Waals surface area contributed by atoms with Crippen LogP contribution >= 0.6 is 7.82 Å². The van der Waals surface area contributed by atoms with Crippen LogP contribution in [-0.2, 0) is 13.6 Å². The zero-order valence-electron chi connectivity index (χ0n) is 25.1. The van der Waals surface area contributed by atoms with Crippen molar-refractivity contribution in [2.75, 3.05) is 40.9 Å². The molecule has 0 spiro atoms. The van der Waals surface area contributed by atoms with Crippen LogP contribution in [0.25, 0.3) is 11.1 Å². The van der Waals surface area contributed by atoms with Crippen molar-refractivity contribution in [1.82, 2.24) is 0 Å². The van der Waals surface area contributed by atoms with Gasteiger partial charge in [-0.2, -0.15) is 0 Å². The maximum absolute atomic E-state index is 12.0. The second-order valence-electron chi connectivity index (χ2n) is 12.7. The highest BCUT2D eigenvalue weighted by molar-refractivity contribution is 7.45. The summed E-state index contributed by atoms with van der Waals surface area (Å²) in [4.78, 5) is 12.0. The summed E-state index contributed by atoms with van der Waals surface area (Å²) in [5.41, 5.74) is 6.14. The minimum atomic E-state index is -4.24. The highest BCUT2D eigenvalue weighted by Gasteiger charge is 2.56. The fraction of sp³-hybridized carbons (Fsp3) is 0.529. The Kier molecular flexibility index (Phi) is 10.8. The van der Waals surface area contributed by atoms with Crippen LogP contribution in [0.4, 0.5) is 0 Å². The maximum Gasteiger partial charge on any atom is 0.268 e. The van der Waals surface area contributed by atoms with E-state index >= 15 is 0 Å². The molecule has 0 aromatic heterocycles. The van der Waals surface area contributed by atoms with Crippen molar-refractivity contribution in [2.24, 2.45) is 11.3 Å². The Morgan fingerprint density at radius 2 is 1.59 bits per heavy atom. The lowest BCUT2D eigenvalue weighted by Crippen LogP contribution is -2.37. The fourth-order valence-corrected chi connectivity index (χ4v) is 7.45. The molecule has 2 aliphatic carbocycles. The number of benzene rings is 2. The molecule has 4 atom stereocenters. The molecule has 0 bridgehead atoms. The Balaban J connectivity index is 1.34. The number of hydrogen-bond acceptors (Lipinski definition) is 5. The summed E-state index contributed by atoms with van der Waals surface area (Å²) in [5.74, 6) is 0.157. The third-order valence-corrected chi connectivity index (χ3v) is 9.80. The first kappa shape index (κ1) is 31.9. The number of quaternary nitrogens is 1. The molecule has 0 aliphatic heterocycles. The lowest BCUT2D eigenvalue weighted by molar-refractivity contribution is -0.870. The lowest BCUT2D eigenvalue weighted by atomic mass is 9.66. The second kappa shape index (κ2) is 13.9. The van der Waals surface area contributed by atoms with Gasteiger partial charge in [0.25, 0.3) is 7.82 Å². The minimum absolute atomic E-state index is 0.128. The van der Waals surface area contributed by atoms with Gasteiger partial charge in [-0.3, -0.25) is 4.57 Å². The third-order valence-electron chi connectivity index (χ3n) is 8.80. The summed E-state index contributed by atoms with van der Waals surface area (Å²) in [6, 6.07) is 21.2. The molecule has 7 heteroatoms. The largest absolute Gasteiger partial charge is 0.756 e. The Bertz CT molecular complexity index is 1220. The van der Waals surface area contributed by atoms with E-state index in [2.05, 4.69) is 61.2 Å². The molecule has 1 N–H and O–H groups in total. The van der Waals surface area contributed by atoms with Crippen LogP contribution in [0.2, 0.25) is 0 Å². The monoisotopic (exact) mass is 581 g/mol. The molecule has 4 unspecified atom stereocenters. The molecule has 224 valence electrons. The van der Waals surface area contributed by atoms with Gasteiger partial charge in [-0.15, -0.1) is 0 Å². The molecule has 2 aromatic rings. The van der Waals surface area contributed by atoms with Gasteiger partial charge in [0.15, 0.2) is 0 Å². The number of unbranched alkanes of at least 4 members (excludes halogenated alkanes) is 4. The number of aliphatic hydroxyl groups is 1. The van der Waals surface area contributed by atoms with Crippen molar-refractivity contribution in [3.63, 3.8) is 0 Å². The number of phosphoric ester groups is 1. The maximum atomic E-state index is 12.0. The van der Waals surface area contributed by atoms with Gasteiger partial charge in [-0.25, -0.2) is 0 Å². The van der Waals surface area contributed by atoms with E-state index < -0.39 is 7.82 Å². The van der Waals surface area contributed by atoms with Gasteiger partial charge in [-0.1, -0.05) is 92.1 Å². The molecule has 1 fully saturated rings. The van der Waals surface area contributed by atoms with Crippen molar-refractivity contribution >= 4 is 19.0 Å². The molecule has 0 radical (unpaired) electrons. The van der Waals surface area contributed by atoms with Crippen LogP contribution in [0.15, 0.2) is 72.8 Å². The zero-order chi connectivity index (χ0) is 29.5. The quantitative estimate of drug-likeness (QED) is 0.133. The molecule has 4 rings (SSSR count). The van der Waals surface area contributed by atoms with Gasteiger partial charge < -0.3 is 23.5 Å². The number of phosphoric acid groups is 1. The first-order valence-corrected chi connectivity index (χ1v) is 16.6. The number of aliphatic hydroxyl groups excluding tert-OH is 1. The Hall–Kier alpha value is -2.05. The standard InChI is InChI=1S/C34H48NO5P/c1-27(28-16-11-8-12-17-28)34-22-21-32(36)31(34)26-30(33(34)29-18-13-9-14-19-29)20-10-6-5-7-15-24-39-41(37,38)40-25-23-35(2,3)4/h8-9,11-14,16-19,31-32,36H,1,5-7,10,15,20-26H2,2-4H3. The van der Waals surface area contributed by atoms with Gasteiger partial charge in [0, 0.05) is 11.3 Å². The topological polar surface area (TPSA) is 78.8 Å². The second-order valence-corrected chi connectivity index (χ2v) is 14.1. The van der Waals surface area contributed by atoms with Crippen LogP contribution in [0.1, 0.15) is 68.9 Å². The SMILES string of the molecule is C=C(c1ccccc1)C12CCC(O)C1CC(CCCCCCCOP(=O)([O-])OCC[N+](C)(C)C)=C2c1ccccc1. The van der Waals surface area contributed by atoms with Crippen molar-refractivity contribution in [3.05, 3.63) is 83.9 Å². The Morgan fingerprint density at radius 1 is 0.976 bits per heavy atom. The van der Waals surface area contributed by atoms with Crippen LogP contribution in [-0.4, -0.2) is 56.6 Å². The first-order valence-electron chi connectivity index (χ1n) is 15.1. The normalized spacial score (nSPS) is 23.9. The summed E-state index contributed by atoms with van der Waals surface area (Å²) in [6.45, 7) is 5.55. The summed E-state index contributed by atoms with van der Waals surface area (Å²) in [7, 11) is 1.72. The summed E-state index contributed by atoms with van der Waals surface area (Å²) < 4.78 is 22.6. The van der Waals surface area contributed by atoms with E-state index in [1.807, 2.05) is 27.2 Å². The molecule has 2 aliphatic rings. The van der Waals surface area contributed by atoms with E-state index in [-0.39, 0.29) is 30.7 Å². The first-order chi connectivity index (χ1) is 19.5. The summed E-state index contributed by atoms with van der Waals surface area (Å²) in [5, 5.41) is 11.1. The predicted octanol–water partition coefficient (Wildman–Crippen LogP) is 6.86. The minimum Gasteiger partial charge on any atom is -0.756 e. The average molecular weight is 582 g/mol. The van der Waals surface area contributed by atoms with E-state index in [9.17, 15) is 14.6 Å². The summed E-state index contributed by atoms with van der Waals surface area (Å²) in [6.07, 6.45) is 8.09. The molecular formula is C34H48NO5P. The molecule has 0 amide bonds. The number of nitrogens with zero attached hydrogens (tertiary/aromatic N) is 1. The van der Waals surface area contributed by atoms with Crippen molar-refractivity contribution < 1.29 is 28.1 Å². The van der Waals surface area contributed by atoms with Crippen LogP contribution in [0.5, 0.6) is 0 Å².